The lowest BCUT2D eigenvalue weighted by molar-refractivity contribution is -0.125. The van der Waals surface area contributed by atoms with Crippen molar-refractivity contribution in [3.63, 3.8) is 0 Å². The van der Waals surface area contributed by atoms with Crippen LogP contribution in [0.25, 0.3) is 0 Å². The van der Waals surface area contributed by atoms with Gasteiger partial charge < -0.3 is 4.90 Å². The van der Waals surface area contributed by atoms with Crippen molar-refractivity contribution in [3.8, 4) is 0 Å². The molecule has 3 rings (SSSR count). The van der Waals surface area contributed by atoms with Gasteiger partial charge in [0, 0.05) is 16.1 Å². The molecule has 2 fully saturated rings. The lowest BCUT2D eigenvalue weighted by Crippen LogP contribution is -2.37. The van der Waals surface area contributed by atoms with Crippen LogP contribution in [0, 0.1) is 0 Å². The van der Waals surface area contributed by atoms with Gasteiger partial charge in [-0.2, -0.15) is 0 Å². The summed E-state index contributed by atoms with van der Waals surface area (Å²) in [6.07, 6.45) is 4.25. The molecule has 1 aromatic carbocycles. The number of carbonyl (C=O) groups excluding carboxylic acids is 2. The van der Waals surface area contributed by atoms with Gasteiger partial charge in [-0.25, -0.2) is 4.79 Å². The normalized spacial score (nSPS) is 19.9. The van der Waals surface area contributed by atoms with Crippen molar-refractivity contribution >= 4 is 35.1 Å². The largest absolute Gasteiger partial charge is 0.327 e. The quantitative estimate of drug-likeness (QED) is 0.794. The minimum atomic E-state index is -0.192. The Morgan fingerprint density at radius 3 is 2.29 bits per heavy atom. The van der Waals surface area contributed by atoms with E-state index in [1.165, 1.54) is 4.90 Å². The molecular weight excluding hydrogens is 311 g/mol. The Morgan fingerprint density at radius 1 is 1.05 bits per heavy atom. The summed E-state index contributed by atoms with van der Waals surface area (Å²) in [6, 6.07) is 5.11. The van der Waals surface area contributed by atoms with E-state index in [1.54, 1.807) is 23.1 Å². The van der Waals surface area contributed by atoms with Gasteiger partial charge >= 0.3 is 6.03 Å². The first-order valence-electron chi connectivity index (χ1n) is 7.10. The fourth-order valence-electron chi connectivity index (χ4n) is 3.10. The zero-order chi connectivity index (χ0) is 15.0. The standard InChI is InChI=1S/C15H16Cl2N2O2/c16-11-5-10(6-12(17)7-11)8-19-14(20)9-18(15(19)21)13-3-1-2-4-13/h5-7,13H,1-4,8-9H2. The highest BCUT2D eigenvalue weighted by molar-refractivity contribution is 6.34. The molecule has 21 heavy (non-hydrogen) atoms. The van der Waals surface area contributed by atoms with Gasteiger partial charge in [-0.1, -0.05) is 36.0 Å². The Balaban J connectivity index is 1.75. The summed E-state index contributed by atoms with van der Waals surface area (Å²) >= 11 is 11.9. The molecule has 3 amide bonds. The van der Waals surface area contributed by atoms with E-state index in [0.29, 0.717) is 10.0 Å². The third-order valence-corrected chi connectivity index (χ3v) is 4.55. The Labute approximate surface area is 133 Å². The molecule has 0 bridgehead atoms. The maximum atomic E-state index is 12.4. The molecule has 0 N–H and O–H groups in total. The lowest BCUT2D eigenvalue weighted by Gasteiger charge is -2.23. The number of hydrogen-bond acceptors (Lipinski definition) is 2. The van der Waals surface area contributed by atoms with Crippen LogP contribution in [0.5, 0.6) is 0 Å². The number of carbonyl (C=O) groups is 2. The molecule has 1 heterocycles. The summed E-state index contributed by atoms with van der Waals surface area (Å²) in [5, 5.41) is 1.01. The Hall–Kier alpha value is -1.26. The van der Waals surface area contributed by atoms with E-state index in [1.807, 2.05) is 0 Å². The molecule has 0 spiro atoms. The van der Waals surface area contributed by atoms with Crippen LogP contribution in [-0.2, 0) is 11.3 Å². The van der Waals surface area contributed by atoms with Gasteiger partial charge in [-0.15, -0.1) is 0 Å². The number of amides is 3. The molecule has 1 saturated heterocycles. The predicted molar refractivity (Wildman–Crippen MR) is 81.4 cm³/mol. The van der Waals surface area contributed by atoms with Crippen molar-refractivity contribution in [2.75, 3.05) is 6.54 Å². The van der Waals surface area contributed by atoms with Crippen LogP contribution in [0.15, 0.2) is 18.2 Å². The van der Waals surface area contributed by atoms with Crippen LogP contribution < -0.4 is 0 Å². The third-order valence-electron chi connectivity index (χ3n) is 4.11. The SMILES string of the molecule is O=C1CN(C2CCCC2)C(=O)N1Cc1cc(Cl)cc(Cl)c1. The fourth-order valence-corrected chi connectivity index (χ4v) is 3.67. The van der Waals surface area contributed by atoms with Crippen molar-refractivity contribution in [3.05, 3.63) is 33.8 Å². The van der Waals surface area contributed by atoms with E-state index < -0.39 is 0 Å². The highest BCUT2D eigenvalue weighted by Gasteiger charge is 2.40. The second-order valence-corrected chi connectivity index (χ2v) is 6.48. The summed E-state index contributed by atoms with van der Waals surface area (Å²) in [4.78, 5) is 27.6. The van der Waals surface area contributed by atoms with Crippen molar-refractivity contribution in [2.45, 2.75) is 38.3 Å². The maximum absolute atomic E-state index is 12.4. The fraction of sp³-hybridized carbons (Fsp3) is 0.467. The van der Waals surface area contributed by atoms with Gasteiger partial charge in [0.2, 0.25) is 0 Å². The van der Waals surface area contributed by atoms with Crippen molar-refractivity contribution < 1.29 is 9.59 Å². The summed E-state index contributed by atoms with van der Waals surface area (Å²) in [7, 11) is 0. The Bertz CT molecular complexity index is 565. The average Bonchev–Trinajstić information content (AvgIpc) is 3.01. The minimum absolute atomic E-state index is 0.150. The van der Waals surface area contributed by atoms with Crippen LogP contribution in [0.3, 0.4) is 0 Å². The second kappa shape index (κ2) is 5.85. The van der Waals surface area contributed by atoms with E-state index in [2.05, 4.69) is 0 Å². The molecular formula is C15H16Cl2N2O2. The molecule has 1 aliphatic heterocycles. The number of hydrogen-bond donors (Lipinski definition) is 0. The molecule has 112 valence electrons. The number of imide groups is 1. The molecule has 0 aromatic heterocycles. The molecule has 6 heteroatoms. The predicted octanol–water partition coefficient (Wildman–Crippen LogP) is 3.70. The molecule has 1 saturated carbocycles. The number of benzene rings is 1. The molecule has 2 aliphatic rings. The summed E-state index contributed by atoms with van der Waals surface area (Å²) < 4.78 is 0. The number of rotatable bonds is 3. The Kier molecular flexibility index (Phi) is 4.09. The van der Waals surface area contributed by atoms with Crippen molar-refractivity contribution in [1.82, 2.24) is 9.80 Å². The minimum Gasteiger partial charge on any atom is -0.312 e. The molecule has 0 radical (unpaired) electrons. The topological polar surface area (TPSA) is 40.6 Å². The number of halogens is 2. The van der Waals surface area contributed by atoms with Gasteiger partial charge in [0.05, 0.1) is 6.54 Å². The zero-order valence-electron chi connectivity index (χ0n) is 11.5. The van der Waals surface area contributed by atoms with E-state index in [-0.39, 0.29) is 31.1 Å². The molecule has 0 unspecified atom stereocenters. The third kappa shape index (κ3) is 3.01. The van der Waals surface area contributed by atoms with Crippen molar-refractivity contribution in [2.24, 2.45) is 0 Å². The molecule has 4 nitrogen and oxygen atoms in total. The molecule has 0 atom stereocenters. The number of nitrogens with zero attached hydrogens (tertiary/aromatic N) is 2. The van der Waals surface area contributed by atoms with Crippen LogP contribution in [-0.4, -0.2) is 34.3 Å². The first-order valence-corrected chi connectivity index (χ1v) is 7.86. The number of urea groups is 1. The molecule has 1 aliphatic carbocycles. The monoisotopic (exact) mass is 326 g/mol. The van der Waals surface area contributed by atoms with E-state index in [4.69, 9.17) is 23.2 Å². The first-order chi connectivity index (χ1) is 10.0. The average molecular weight is 327 g/mol. The first kappa shape index (κ1) is 14.7. The Morgan fingerprint density at radius 2 is 1.67 bits per heavy atom. The van der Waals surface area contributed by atoms with Crippen molar-refractivity contribution in [1.29, 1.82) is 0 Å². The second-order valence-electron chi connectivity index (χ2n) is 5.61. The van der Waals surface area contributed by atoms with E-state index >= 15 is 0 Å². The summed E-state index contributed by atoms with van der Waals surface area (Å²) in [5.74, 6) is -0.150. The van der Waals surface area contributed by atoms with Crippen LogP contribution in [0.1, 0.15) is 31.2 Å². The highest BCUT2D eigenvalue weighted by atomic mass is 35.5. The van der Waals surface area contributed by atoms with Gasteiger partial charge in [0.15, 0.2) is 0 Å². The van der Waals surface area contributed by atoms with E-state index in [0.717, 1.165) is 31.2 Å². The van der Waals surface area contributed by atoms with Gasteiger partial charge in [0.25, 0.3) is 5.91 Å². The van der Waals surface area contributed by atoms with Crippen LogP contribution in [0.2, 0.25) is 10.0 Å². The van der Waals surface area contributed by atoms with Gasteiger partial charge in [0.1, 0.15) is 6.54 Å². The highest BCUT2D eigenvalue weighted by Crippen LogP contribution is 2.28. The summed E-state index contributed by atoms with van der Waals surface area (Å²) in [6.45, 7) is 0.416. The lowest BCUT2D eigenvalue weighted by atomic mass is 10.2. The summed E-state index contributed by atoms with van der Waals surface area (Å²) in [5.41, 5.74) is 0.766. The zero-order valence-corrected chi connectivity index (χ0v) is 13.0. The van der Waals surface area contributed by atoms with Crippen LogP contribution in [0.4, 0.5) is 4.79 Å². The smallest absolute Gasteiger partial charge is 0.312 e. The van der Waals surface area contributed by atoms with Gasteiger partial charge in [-0.05, 0) is 36.6 Å². The van der Waals surface area contributed by atoms with E-state index in [9.17, 15) is 9.59 Å². The van der Waals surface area contributed by atoms with Gasteiger partial charge in [-0.3, -0.25) is 9.69 Å². The van der Waals surface area contributed by atoms with Crippen LogP contribution >= 0.6 is 23.2 Å². The maximum Gasteiger partial charge on any atom is 0.327 e. The molecule has 1 aromatic rings.